The molecule has 0 fully saturated rings. The fraction of sp³-hybridized carbons (Fsp3) is 0.870. The zero-order valence-corrected chi connectivity index (χ0v) is 16.9. The van der Waals surface area contributed by atoms with Crippen LogP contribution >= 0.6 is 0 Å². The van der Waals surface area contributed by atoms with Crippen molar-refractivity contribution in [3.8, 4) is 11.8 Å². The predicted octanol–water partition coefficient (Wildman–Crippen LogP) is 6.91. The maximum atomic E-state index is 10.6. The molecule has 1 amide bonds. The van der Waals surface area contributed by atoms with Gasteiger partial charge < -0.3 is 5.73 Å². The largest absolute Gasteiger partial charge is 0.370 e. The smallest absolute Gasteiger partial charge is 0.217 e. The first kappa shape index (κ1) is 24.0. The molecular weight excluding hydrogens is 306 g/mol. The molecule has 2 N–H and O–H groups in total. The molecule has 0 rings (SSSR count). The van der Waals surface area contributed by atoms with E-state index in [0.717, 1.165) is 25.7 Å². The number of carbonyl (C=O) groups is 1. The van der Waals surface area contributed by atoms with Crippen molar-refractivity contribution in [1.29, 1.82) is 0 Å². The van der Waals surface area contributed by atoms with Gasteiger partial charge >= 0.3 is 0 Å². The molecule has 0 aromatic rings. The van der Waals surface area contributed by atoms with E-state index in [9.17, 15) is 4.79 Å². The quantitative estimate of drug-likeness (QED) is 0.212. The third-order valence-electron chi connectivity index (χ3n) is 4.76. The maximum absolute atomic E-state index is 10.6. The summed E-state index contributed by atoms with van der Waals surface area (Å²) in [7, 11) is 0. The molecule has 0 saturated carbocycles. The molecule has 0 aromatic carbocycles. The van der Waals surface area contributed by atoms with Crippen molar-refractivity contribution >= 4 is 5.91 Å². The van der Waals surface area contributed by atoms with Gasteiger partial charge in [-0.3, -0.25) is 4.79 Å². The summed E-state index contributed by atoms with van der Waals surface area (Å²) in [5.41, 5.74) is 5.12. The molecule has 0 spiro atoms. The standard InChI is InChI=1S/C23H43NO/c1-2-3-4-5-6-7-8-9-10-11-12-13-14-15-16-17-18-19-20-21-22-23(24)25/h2-12,15-22H2,1H3,(H2,24,25). The second-order valence-corrected chi connectivity index (χ2v) is 7.37. The van der Waals surface area contributed by atoms with Crippen LogP contribution in [-0.4, -0.2) is 5.91 Å². The highest BCUT2D eigenvalue weighted by Gasteiger charge is 1.95. The average molecular weight is 350 g/mol. The molecular formula is C23H43NO. The molecule has 0 aromatic heterocycles. The van der Waals surface area contributed by atoms with E-state index < -0.39 is 0 Å². The molecule has 0 unspecified atom stereocenters. The highest BCUT2D eigenvalue weighted by Crippen LogP contribution is 2.11. The number of amides is 1. The minimum absolute atomic E-state index is 0.169. The van der Waals surface area contributed by atoms with Crippen molar-refractivity contribution in [2.45, 2.75) is 129 Å². The number of hydrogen-bond acceptors (Lipinski definition) is 1. The second-order valence-electron chi connectivity index (χ2n) is 7.37. The van der Waals surface area contributed by atoms with Crippen LogP contribution in [0.2, 0.25) is 0 Å². The van der Waals surface area contributed by atoms with Gasteiger partial charge in [-0.2, -0.15) is 0 Å². The van der Waals surface area contributed by atoms with E-state index in [1.165, 1.54) is 89.9 Å². The number of hydrogen-bond donors (Lipinski definition) is 1. The molecule has 2 nitrogen and oxygen atoms in total. The summed E-state index contributed by atoms with van der Waals surface area (Å²) in [6.07, 6.45) is 23.7. The summed E-state index contributed by atoms with van der Waals surface area (Å²) >= 11 is 0. The van der Waals surface area contributed by atoms with E-state index in [-0.39, 0.29) is 5.91 Å². The van der Waals surface area contributed by atoms with Crippen LogP contribution in [0.3, 0.4) is 0 Å². The van der Waals surface area contributed by atoms with Gasteiger partial charge in [0, 0.05) is 19.3 Å². The maximum Gasteiger partial charge on any atom is 0.217 e. The van der Waals surface area contributed by atoms with Gasteiger partial charge in [0.25, 0.3) is 0 Å². The van der Waals surface area contributed by atoms with Gasteiger partial charge in [-0.25, -0.2) is 0 Å². The normalized spacial score (nSPS) is 10.4. The molecule has 0 bridgehead atoms. The number of unbranched alkanes of at least 4 members (excludes halogenated alkanes) is 16. The number of rotatable bonds is 18. The molecule has 0 aliphatic carbocycles. The van der Waals surface area contributed by atoms with E-state index in [2.05, 4.69) is 18.8 Å². The van der Waals surface area contributed by atoms with Gasteiger partial charge in [-0.1, -0.05) is 90.4 Å². The van der Waals surface area contributed by atoms with Crippen molar-refractivity contribution < 1.29 is 4.79 Å². The minimum Gasteiger partial charge on any atom is -0.370 e. The molecule has 0 aliphatic heterocycles. The third kappa shape index (κ3) is 23.0. The van der Waals surface area contributed by atoms with Gasteiger partial charge in [0.1, 0.15) is 0 Å². The van der Waals surface area contributed by atoms with Crippen molar-refractivity contribution in [3.63, 3.8) is 0 Å². The Morgan fingerprint density at radius 3 is 1.36 bits per heavy atom. The second kappa shape index (κ2) is 21.1. The van der Waals surface area contributed by atoms with Crippen LogP contribution in [0.5, 0.6) is 0 Å². The van der Waals surface area contributed by atoms with Crippen molar-refractivity contribution in [2.75, 3.05) is 0 Å². The van der Waals surface area contributed by atoms with Crippen LogP contribution in [0.4, 0.5) is 0 Å². The Labute approximate surface area is 157 Å². The minimum atomic E-state index is -0.169. The molecule has 0 heterocycles. The summed E-state index contributed by atoms with van der Waals surface area (Å²) in [6.45, 7) is 2.28. The van der Waals surface area contributed by atoms with Crippen molar-refractivity contribution in [3.05, 3.63) is 0 Å². The van der Waals surface area contributed by atoms with Gasteiger partial charge in [0.15, 0.2) is 0 Å². The highest BCUT2D eigenvalue weighted by atomic mass is 16.1. The van der Waals surface area contributed by atoms with Crippen LogP contribution in [-0.2, 0) is 4.79 Å². The predicted molar refractivity (Wildman–Crippen MR) is 110 cm³/mol. The van der Waals surface area contributed by atoms with E-state index in [1.54, 1.807) is 0 Å². The Morgan fingerprint density at radius 1 is 0.600 bits per heavy atom. The van der Waals surface area contributed by atoms with Crippen LogP contribution in [0.25, 0.3) is 0 Å². The molecule has 0 aliphatic rings. The molecule has 146 valence electrons. The molecule has 25 heavy (non-hydrogen) atoms. The summed E-state index contributed by atoms with van der Waals surface area (Å²) in [5, 5.41) is 0. The molecule has 0 radical (unpaired) electrons. The van der Waals surface area contributed by atoms with Crippen LogP contribution < -0.4 is 5.73 Å². The van der Waals surface area contributed by atoms with Crippen LogP contribution in [0.1, 0.15) is 129 Å². The Bertz CT molecular complexity index is 340. The van der Waals surface area contributed by atoms with E-state index >= 15 is 0 Å². The Morgan fingerprint density at radius 2 is 0.960 bits per heavy atom. The lowest BCUT2D eigenvalue weighted by Gasteiger charge is -2.00. The monoisotopic (exact) mass is 349 g/mol. The lowest BCUT2D eigenvalue weighted by molar-refractivity contribution is -0.118. The molecule has 2 heteroatoms. The molecule has 0 atom stereocenters. The Hall–Kier alpha value is -0.970. The summed E-state index contributed by atoms with van der Waals surface area (Å²) in [4.78, 5) is 10.6. The topological polar surface area (TPSA) is 43.1 Å². The lowest BCUT2D eigenvalue weighted by atomic mass is 10.1. The van der Waals surface area contributed by atoms with Gasteiger partial charge in [0.05, 0.1) is 0 Å². The number of primary amides is 1. The zero-order valence-electron chi connectivity index (χ0n) is 16.9. The van der Waals surface area contributed by atoms with Crippen LogP contribution in [0, 0.1) is 11.8 Å². The number of carbonyl (C=O) groups excluding carboxylic acids is 1. The van der Waals surface area contributed by atoms with Gasteiger partial charge in [0.2, 0.25) is 5.91 Å². The van der Waals surface area contributed by atoms with E-state index in [1.807, 2.05) is 0 Å². The third-order valence-corrected chi connectivity index (χ3v) is 4.76. The number of nitrogens with two attached hydrogens (primary N) is 1. The van der Waals surface area contributed by atoms with Gasteiger partial charge in [-0.05, 0) is 19.3 Å². The first-order valence-corrected chi connectivity index (χ1v) is 11.0. The fourth-order valence-electron chi connectivity index (χ4n) is 3.10. The van der Waals surface area contributed by atoms with Crippen LogP contribution in [0.15, 0.2) is 0 Å². The Balaban J connectivity index is 3.11. The SMILES string of the molecule is CCCCCCCCCCCCC#CCCCCCCCCC(N)=O. The summed E-state index contributed by atoms with van der Waals surface area (Å²) in [6, 6.07) is 0. The van der Waals surface area contributed by atoms with Gasteiger partial charge in [-0.15, -0.1) is 11.8 Å². The fourth-order valence-corrected chi connectivity index (χ4v) is 3.10. The van der Waals surface area contributed by atoms with Crippen molar-refractivity contribution in [2.24, 2.45) is 5.73 Å². The summed E-state index contributed by atoms with van der Waals surface area (Å²) in [5.74, 6) is 6.49. The van der Waals surface area contributed by atoms with E-state index in [0.29, 0.717) is 6.42 Å². The van der Waals surface area contributed by atoms with Crippen molar-refractivity contribution in [1.82, 2.24) is 0 Å². The van der Waals surface area contributed by atoms with E-state index in [4.69, 9.17) is 5.73 Å². The zero-order chi connectivity index (χ0) is 18.4. The average Bonchev–Trinajstić information content (AvgIpc) is 2.60. The Kier molecular flexibility index (Phi) is 20.3. The highest BCUT2D eigenvalue weighted by molar-refractivity contribution is 5.73. The summed E-state index contributed by atoms with van der Waals surface area (Å²) < 4.78 is 0. The molecule has 0 saturated heterocycles. The lowest BCUT2D eigenvalue weighted by Crippen LogP contribution is -2.09. The first-order valence-electron chi connectivity index (χ1n) is 11.0. The first-order chi connectivity index (χ1) is 12.3.